The zero-order valence-electron chi connectivity index (χ0n) is 13.9. The third kappa shape index (κ3) is 5.93. The number of carboxylic acid groups (broad SMARTS) is 1. The van der Waals surface area contributed by atoms with E-state index in [1.54, 1.807) is 7.11 Å². The van der Waals surface area contributed by atoms with Crippen LogP contribution in [0.2, 0.25) is 0 Å². The fourth-order valence-corrected chi connectivity index (χ4v) is 2.33. The van der Waals surface area contributed by atoms with Crippen LogP contribution >= 0.6 is 0 Å². The van der Waals surface area contributed by atoms with Gasteiger partial charge >= 0.3 is 5.97 Å². The van der Waals surface area contributed by atoms with Crippen molar-refractivity contribution >= 4 is 5.97 Å². The molecule has 0 spiro atoms. The van der Waals surface area contributed by atoms with Crippen LogP contribution in [0.1, 0.15) is 32.8 Å². The highest BCUT2D eigenvalue weighted by molar-refractivity contribution is 5.70. The Kier molecular flexibility index (Phi) is 7.74. The van der Waals surface area contributed by atoms with Crippen molar-refractivity contribution in [3.05, 3.63) is 23.8 Å². The van der Waals surface area contributed by atoms with E-state index in [1.165, 1.54) is 0 Å². The van der Waals surface area contributed by atoms with Crippen LogP contribution < -0.4 is 14.8 Å². The summed E-state index contributed by atoms with van der Waals surface area (Å²) in [5.41, 5.74) is 1.04. The normalized spacial score (nSPS) is 12.2. The van der Waals surface area contributed by atoms with Gasteiger partial charge in [-0.2, -0.15) is 0 Å². The second kappa shape index (κ2) is 9.30. The zero-order valence-corrected chi connectivity index (χ0v) is 13.9. The summed E-state index contributed by atoms with van der Waals surface area (Å²) in [4.78, 5) is 11.2. The third-order valence-electron chi connectivity index (χ3n) is 3.35. The molecule has 0 bridgehead atoms. The van der Waals surface area contributed by atoms with Gasteiger partial charge in [-0.25, -0.2) is 0 Å². The SMILES string of the molecule is CCOc1cc(CNCC(CC(C)C)C(=O)O)ccc1OC. The van der Waals surface area contributed by atoms with E-state index in [1.807, 2.05) is 39.0 Å². The highest BCUT2D eigenvalue weighted by Gasteiger charge is 2.18. The van der Waals surface area contributed by atoms with Crippen molar-refractivity contribution in [3.8, 4) is 11.5 Å². The quantitative estimate of drug-likeness (QED) is 0.695. The number of hydrogen-bond acceptors (Lipinski definition) is 4. The van der Waals surface area contributed by atoms with Crippen molar-refractivity contribution in [1.82, 2.24) is 5.32 Å². The van der Waals surface area contributed by atoms with E-state index in [0.717, 1.165) is 5.56 Å². The van der Waals surface area contributed by atoms with E-state index in [9.17, 15) is 9.90 Å². The van der Waals surface area contributed by atoms with Crippen molar-refractivity contribution in [2.45, 2.75) is 33.7 Å². The van der Waals surface area contributed by atoms with Crippen molar-refractivity contribution in [2.24, 2.45) is 11.8 Å². The van der Waals surface area contributed by atoms with Gasteiger partial charge in [0.15, 0.2) is 11.5 Å². The van der Waals surface area contributed by atoms with Gasteiger partial charge in [0.1, 0.15) is 0 Å². The molecule has 0 fully saturated rings. The summed E-state index contributed by atoms with van der Waals surface area (Å²) in [5, 5.41) is 12.4. The van der Waals surface area contributed by atoms with E-state index in [2.05, 4.69) is 5.32 Å². The number of benzene rings is 1. The average Bonchev–Trinajstić information content (AvgIpc) is 2.46. The highest BCUT2D eigenvalue weighted by atomic mass is 16.5. The molecule has 5 heteroatoms. The molecule has 0 aliphatic rings. The van der Waals surface area contributed by atoms with Crippen LogP contribution in [0, 0.1) is 11.8 Å². The Bertz CT molecular complexity index is 474. The van der Waals surface area contributed by atoms with Gasteiger partial charge in [0.25, 0.3) is 0 Å². The number of nitrogens with one attached hydrogen (secondary N) is 1. The molecule has 0 aliphatic heterocycles. The third-order valence-corrected chi connectivity index (χ3v) is 3.35. The predicted molar refractivity (Wildman–Crippen MR) is 86.5 cm³/mol. The molecule has 124 valence electrons. The lowest BCUT2D eigenvalue weighted by molar-refractivity contribution is -0.142. The Morgan fingerprint density at radius 3 is 2.59 bits per heavy atom. The standard InChI is InChI=1S/C17H27NO4/c1-5-22-16-9-13(6-7-15(16)21-4)10-18-11-14(17(19)20)8-12(2)3/h6-7,9,12,14,18H,5,8,10-11H2,1-4H3,(H,19,20). The molecule has 0 radical (unpaired) electrons. The smallest absolute Gasteiger partial charge is 0.307 e. The summed E-state index contributed by atoms with van der Waals surface area (Å²) in [6.45, 7) is 7.63. The van der Waals surface area contributed by atoms with Gasteiger partial charge in [0.2, 0.25) is 0 Å². The first-order valence-electron chi connectivity index (χ1n) is 7.71. The lowest BCUT2D eigenvalue weighted by Crippen LogP contribution is -2.29. The number of aliphatic carboxylic acids is 1. The molecule has 0 heterocycles. The Hall–Kier alpha value is -1.75. The molecule has 0 saturated carbocycles. The molecule has 1 atom stereocenters. The largest absolute Gasteiger partial charge is 0.493 e. The molecule has 0 saturated heterocycles. The van der Waals surface area contributed by atoms with Crippen molar-refractivity contribution < 1.29 is 19.4 Å². The zero-order chi connectivity index (χ0) is 16.5. The summed E-state index contributed by atoms with van der Waals surface area (Å²) < 4.78 is 10.8. The molecule has 2 N–H and O–H groups in total. The lowest BCUT2D eigenvalue weighted by atomic mass is 9.97. The maximum atomic E-state index is 11.2. The van der Waals surface area contributed by atoms with Gasteiger partial charge in [0.05, 0.1) is 19.6 Å². The Morgan fingerprint density at radius 1 is 1.32 bits per heavy atom. The van der Waals surface area contributed by atoms with E-state index in [-0.39, 0.29) is 5.92 Å². The van der Waals surface area contributed by atoms with E-state index in [4.69, 9.17) is 9.47 Å². The van der Waals surface area contributed by atoms with E-state index >= 15 is 0 Å². The van der Waals surface area contributed by atoms with Gasteiger partial charge in [-0.1, -0.05) is 19.9 Å². The Balaban J connectivity index is 2.60. The van der Waals surface area contributed by atoms with Crippen molar-refractivity contribution in [2.75, 3.05) is 20.3 Å². The molecule has 1 rings (SSSR count). The minimum absolute atomic E-state index is 0.357. The number of hydrogen-bond donors (Lipinski definition) is 2. The minimum Gasteiger partial charge on any atom is -0.493 e. The first-order chi connectivity index (χ1) is 10.5. The summed E-state index contributed by atoms with van der Waals surface area (Å²) in [5.74, 6) is 0.680. The lowest BCUT2D eigenvalue weighted by Gasteiger charge is -2.16. The summed E-state index contributed by atoms with van der Waals surface area (Å²) in [7, 11) is 1.61. The molecule has 0 aliphatic carbocycles. The maximum absolute atomic E-state index is 11.2. The molecule has 0 amide bonds. The number of ether oxygens (including phenoxy) is 2. The molecule has 5 nitrogen and oxygen atoms in total. The molecule has 1 unspecified atom stereocenters. The first kappa shape index (κ1) is 18.3. The fourth-order valence-electron chi connectivity index (χ4n) is 2.33. The van der Waals surface area contributed by atoms with Gasteiger partial charge in [0, 0.05) is 13.1 Å². The van der Waals surface area contributed by atoms with E-state index in [0.29, 0.717) is 43.5 Å². The van der Waals surface area contributed by atoms with Gasteiger partial charge in [-0.05, 0) is 37.0 Å². The average molecular weight is 309 g/mol. The van der Waals surface area contributed by atoms with Gasteiger partial charge in [-0.15, -0.1) is 0 Å². The van der Waals surface area contributed by atoms with Gasteiger partial charge < -0.3 is 19.9 Å². The number of carboxylic acids is 1. The first-order valence-corrected chi connectivity index (χ1v) is 7.71. The second-order valence-electron chi connectivity index (χ2n) is 5.71. The molecular formula is C17H27NO4. The summed E-state index contributed by atoms with van der Waals surface area (Å²) in [6.07, 6.45) is 0.676. The highest BCUT2D eigenvalue weighted by Crippen LogP contribution is 2.28. The predicted octanol–water partition coefficient (Wildman–Crippen LogP) is 2.93. The number of carbonyl (C=O) groups is 1. The summed E-state index contributed by atoms with van der Waals surface area (Å²) >= 11 is 0. The van der Waals surface area contributed by atoms with Gasteiger partial charge in [-0.3, -0.25) is 4.79 Å². The monoisotopic (exact) mass is 309 g/mol. The molecule has 1 aromatic carbocycles. The molecular weight excluding hydrogens is 282 g/mol. The Morgan fingerprint density at radius 2 is 2.05 bits per heavy atom. The van der Waals surface area contributed by atoms with Crippen LogP contribution in [-0.4, -0.2) is 31.3 Å². The molecule has 1 aromatic rings. The van der Waals surface area contributed by atoms with E-state index < -0.39 is 5.97 Å². The van der Waals surface area contributed by atoms with Crippen LogP contribution in [-0.2, 0) is 11.3 Å². The second-order valence-corrected chi connectivity index (χ2v) is 5.71. The van der Waals surface area contributed by atoms with Crippen LogP contribution in [0.15, 0.2) is 18.2 Å². The topological polar surface area (TPSA) is 67.8 Å². The molecule has 22 heavy (non-hydrogen) atoms. The van der Waals surface area contributed by atoms with Crippen LogP contribution in [0.3, 0.4) is 0 Å². The Labute approximate surface area is 132 Å². The van der Waals surface area contributed by atoms with Crippen LogP contribution in [0.5, 0.6) is 11.5 Å². The summed E-state index contributed by atoms with van der Waals surface area (Å²) in [6, 6.07) is 5.74. The fraction of sp³-hybridized carbons (Fsp3) is 0.588. The van der Waals surface area contributed by atoms with Crippen LogP contribution in [0.4, 0.5) is 0 Å². The van der Waals surface area contributed by atoms with Crippen molar-refractivity contribution in [3.63, 3.8) is 0 Å². The molecule has 0 aromatic heterocycles. The number of methoxy groups -OCH3 is 1. The van der Waals surface area contributed by atoms with Crippen LogP contribution in [0.25, 0.3) is 0 Å². The number of rotatable bonds is 10. The van der Waals surface area contributed by atoms with Crippen molar-refractivity contribution in [1.29, 1.82) is 0 Å². The minimum atomic E-state index is -0.745. The maximum Gasteiger partial charge on any atom is 0.307 e.